The molecule has 2 aromatic carbocycles. The van der Waals surface area contributed by atoms with Crippen LogP contribution in [0.15, 0.2) is 48.7 Å². The Morgan fingerprint density at radius 1 is 1.09 bits per heavy atom. The first-order valence-corrected chi connectivity index (χ1v) is 11.6. The second kappa shape index (κ2) is 9.21. The van der Waals surface area contributed by atoms with Gasteiger partial charge in [-0.2, -0.15) is 5.10 Å². The zero-order chi connectivity index (χ0) is 23.7. The number of hydrogen-bond acceptors (Lipinski definition) is 6. The number of carbonyl (C=O) groups excluding carboxylic acids is 2. The highest BCUT2D eigenvalue weighted by Crippen LogP contribution is 2.38. The zero-order valence-corrected chi connectivity index (χ0v) is 19.3. The van der Waals surface area contributed by atoms with Gasteiger partial charge in [-0.3, -0.25) is 4.79 Å². The van der Waals surface area contributed by atoms with Gasteiger partial charge in [0.25, 0.3) is 5.91 Å². The summed E-state index contributed by atoms with van der Waals surface area (Å²) in [5, 5.41) is 4.33. The third-order valence-corrected chi connectivity index (χ3v) is 6.33. The van der Waals surface area contributed by atoms with Crippen LogP contribution in [0.3, 0.4) is 0 Å². The molecule has 1 amide bonds. The van der Waals surface area contributed by atoms with Gasteiger partial charge in [0.2, 0.25) is 0 Å². The average molecular weight is 462 g/mol. The van der Waals surface area contributed by atoms with E-state index in [9.17, 15) is 9.59 Å². The quantitative estimate of drug-likeness (QED) is 0.532. The third kappa shape index (κ3) is 4.00. The molecule has 1 unspecified atom stereocenters. The van der Waals surface area contributed by atoms with E-state index in [-0.39, 0.29) is 11.9 Å². The Bertz CT molecular complexity index is 1220. The Balaban J connectivity index is 1.35. The lowest BCUT2D eigenvalue weighted by Gasteiger charge is -2.27. The molecule has 8 nitrogen and oxygen atoms in total. The van der Waals surface area contributed by atoms with Crippen molar-refractivity contribution in [3.63, 3.8) is 0 Å². The highest BCUT2D eigenvalue weighted by atomic mass is 16.6. The van der Waals surface area contributed by atoms with Crippen molar-refractivity contribution >= 4 is 11.9 Å². The van der Waals surface area contributed by atoms with Crippen LogP contribution in [0.2, 0.25) is 0 Å². The largest absolute Gasteiger partial charge is 0.486 e. The number of ether oxygens (including phenoxy) is 3. The van der Waals surface area contributed by atoms with E-state index in [0.717, 1.165) is 35.6 Å². The van der Waals surface area contributed by atoms with E-state index >= 15 is 0 Å². The van der Waals surface area contributed by atoms with Crippen molar-refractivity contribution < 1.29 is 23.8 Å². The van der Waals surface area contributed by atoms with Gasteiger partial charge in [-0.25, -0.2) is 9.48 Å². The summed E-state index contributed by atoms with van der Waals surface area (Å²) in [5.41, 5.74) is 3.57. The number of benzene rings is 2. The lowest BCUT2D eigenvalue weighted by atomic mass is 10.0. The summed E-state index contributed by atoms with van der Waals surface area (Å²) < 4.78 is 18.1. The Morgan fingerprint density at radius 2 is 1.85 bits per heavy atom. The van der Waals surface area contributed by atoms with Crippen LogP contribution in [0.25, 0.3) is 5.69 Å². The molecular formula is C26H27N3O5. The van der Waals surface area contributed by atoms with Crippen molar-refractivity contribution in [2.45, 2.75) is 32.7 Å². The summed E-state index contributed by atoms with van der Waals surface area (Å²) >= 11 is 0. The van der Waals surface area contributed by atoms with Gasteiger partial charge in [-0.1, -0.05) is 6.07 Å². The lowest BCUT2D eigenvalue weighted by molar-refractivity contribution is 0.0525. The molecule has 0 bridgehead atoms. The number of likely N-dealkylation sites (tertiary alicyclic amines) is 1. The summed E-state index contributed by atoms with van der Waals surface area (Å²) in [7, 11) is 0. The molecule has 1 saturated heterocycles. The van der Waals surface area contributed by atoms with Crippen LogP contribution in [-0.4, -0.2) is 52.9 Å². The van der Waals surface area contributed by atoms with Gasteiger partial charge in [0.15, 0.2) is 11.5 Å². The maximum Gasteiger partial charge on any atom is 0.341 e. The minimum Gasteiger partial charge on any atom is -0.486 e. The molecule has 34 heavy (non-hydrogen) atoms. The van der Waals surface area contributed by atoms with E-state index in [1.165, 1.54) is 6.20 Å². The van der Waals surface area contributed by atoms with Crippen molar-refractivity contribution in [3.05, 3.63) is 71.0 Å². The summed E-state index contributed by atoms with van der Waals surface area (Å²) in [6.45, 7) is 5.70. The normalized spacial score (nSPS) is 17.0. The van der Waals surface area contributed by atoms with E-state index in [2.05, 4.69) is 5.10 Å². The van der Waals surface area contributed by atoms with Crippen molar-refractivity contribution in [1.29, 1.82) is 0 Å². The molecule has 8 heteroatoms. The predicted octanol–water partition coefficient (Wildman–Crippen LogP) is 4.11. The highest BCUT2D eigenvalue weighted by molar-refractivity contribution is 5.95. The van der Waals surface area contributed by atoms with E-state index in [1.807, 2.05) is 54.3 Å². The predicted molar refractivity (Wildman–Crippen MR) is 125 cm³/mol. The second-order valence-corrected chi connectivity index (χ2v) is 8.38. The number of amides is 1. The van der Waals surface area contributed by atoms with Gasteiger partial charge < -0.3 is 19.1 Å². The maximum absolute atomic E-state index is 13.4. The van der Waals surface area contributed by atoms with Crippen molar-refractivity contribution in [3.8, 4) is 17.2 Å². The molecule has 5 rings (SSSR count). The summed E-state index contributed by atoms with van der Waals surface area (Å²) in [4.78, 5) is 27.4. The molecule has 2 aliphatic heterocycles. The first kappa shape index (κ1) is 22.0. The Kier molecular flexibility index (Phi) is 5.96. The molecule has 0 radical (unpaired) electrons. The summed E-state index contributed by atoms with van der Waals surface area (Å²) in [6.07, 6.45) is 3.37. The van der Waals surface area contributed by atoms with Gasteiger partial charge in [-0.05, 0) is 68.7 Å². The van der Waals surface area contributed by atoms with E-state index < -0.39 is 5.97 Å². The fourth-order valence-corrected chi connectivity index (χ4v) is 4.61. The molecule has 3 heterocycles. The molecular weight excluding hydrogens is 434 g/mol. The smallest absolute Gasteiger partial charge is 0.341 e. The maximum atomic E-state index is 13.4. The molecule has 1 atom stereocenters. The van der Waals surface area contributed by atoms with Crippen molar-refractivity contribution in [2.75, 3.05) is 26.4 Å². The molecule has 0 N–H and O–H groups in total. The fraction of sp³-hybridized carbons (Fsp3) is 0.346. The SMILES string of the molecule is CCOC(=O)c1cnn(-c2ccc(C(=O)N3CCCC3c3ccc4c(c3)OCCO4)cc2)c1C. The van der Waals surface area contributed by atoms with Gasteiger partial charge in [-0.15, -0.1) is 0 Å². The molecule has 0 spiro atoms. The van der Waals surface area contributed by atoms with E-state index in [1.54, 1.807) is 11.6 Å². The molecule has 3 aromatic rings. The number of aromatic nitrogens is 2. The third-order valence-electron chi connectivity index (χ3n) is 6.33. The molecule has 176 valence electrons. The number of carbonyl (C=O) groups is 2. The van der Waals surface area contributed by atoms with Gasteiger partial charge in [0.05, 0.1) is 30.2 Å². The van der Waals surface area contributed by atoms with Crippen LogP contribution in [0.5, 0.6) is 11.5 Å². The Labute approximate surface area is 198 Å². The minimum absolute atomic E-state index is 0.00324. The number of rotatable bonds is 5. The summed E-state index contributed by atoms with van der Waals surface area (Å²) in [6, 6.07) is 13.3. The summed E-state index contributed by atoms with van der Waals surface area (Å²) in [5.74, 6) is 1.09. The van der Waals surface area contributed by atoms with Gasteiger partial charge in [0, 0.05) is 12.1 Å². The van der Waals surface area contributed by atoms with Crippen LogP contribution in [0, 0.1) is 6.92 Å². The Morgan fingerprint density at radius 3 is 2.62 bits per heavy atom. The lowest BCUT2D eigenvalue weighted by Crippen LogP contribution is -2.30. The standard InChI is InChI=1S/C26H27N3O5/c1-3-32-26(31)21-16-27-29(17(21)2)20-9-6-18(7-10-20)25(30)28-12-4-5-22(28)19-8-11-23-24(15-19)34-14-13-33-23/h6-11,15-16,22H,3-5,12-14H2,1-2H3. The molecule has 1 aromatic heterocycles. The monoisotopic (exact) mass is 461 g/mol. The van der Waals surface area contributed by atoms with Crippen LogP contribution in [0.1, 0.15) is 57.8 Å². The van der Waals surface area contributed by atoms with Gasteiger partial charge >= 0.3 is 5.97 Å². The highest BCUT2D eigenvalue weighted by Gasteiger charge is 2.31. The van der Waals surface area contributed by atoms with Crippen LogP contribution < -0.4 is 9.47 Å². The van der Waals surface area contributed by atoms with Crippen LogP contribution in [0.4, 0.5) is 0 Å². The zero-order valence-electron chi connectivity index (χ0n) is 19.3. The first-order chi connectivity index (χ1) is 16.6. The number of esters is 1. The number of nitrogens with zero attached hydrogens (tertiary/aromatic N) is 3. The van der Waals surface area contributed by atoms with Gasteiger partial charge in [0.1, 0.15) is 18.8 Å². The van der Waals surface area contributed by atoms with Crippen molar-refractivity contribution in [2.24, 2.45) is 0 Å². The topological polar surface area (TPSA) is 82.9 Å². The fourth-order valence-electron chi connectivity index (χ4n) is 4.61. The number of hydrogen-bond donors (Lipinski definition) is 0. The second-order valence-electron chi connectivity index (χ2n) is 8.38. The van der Waals surface area contributed by atoms with E-state index in [4.69, 9.17) is 14.2 Å². The minimum atomic E-state index is -0.391. The molecule has 1 fully saturated rings. The first-order valence-electron chi connectivity index (χ1n) is 11.6. The molecule has 0 saturated carbocycles. The molecule has 0 aliphatic carbocycles. The van der Waals surface area contributed by atoms with Crippen LogP contribution >= 0.6 is 0 Å². The number of fused-ring (bicyclic) bond motifs is 1. The Hall–Kier alpha value is -3.81. The van der Waals surface area contributed by atoms with E-state index in [0.29, 0.717) is 43.2 Å². The average Bonchev–Trinajstić information content (AvgIpc) is 3.51. The van der Waals surface area contributed by atoms with Crippen LogP contribution in [-0.2, 0) is 4.74 Å². The van der Waals surface area contributed by atoms with Crippen molar-refractivity contribution in [1.82, 2.24) is 14.7 Å². The molecule has 2 aliphatic rings.